The van der Waals surface area contributed by atoms with Crippen molar-refractivity contribution in [3.8, 4) is 0 Å². The van der Waals surface area contributed by atoms with E-state index in [1.54, 1.807) is 0 Å². The fourth-order valence-electron chi connectivity index (χ4n) is 4.58. The highest BCUT2D eigenvalue weighted by Gasteiger charge is 2.75. The SMILES string of the molecule is CC12CCC(C(=O)NC3CCCCC3)(C(=O)OC1=O)C2(C)C. The van der Waals surface area contributed by atoms with E-state index in [1.807, 2.05) is 20.8 Å². The number of hydrogen-bond acceptors (Lipinski definition) is 4. The van der Waals surface area contributed by atoms with Gasteiger partial charge in [-0.25, -0.2) is 0 Å². The number of ether oxygens (including phenoxy) is 1. The number of hydrogen-bond donors (Lipinski definition) is 1. The van der Waals surface area contributed by atoms with Gasteiger partial charge in [-0.3, -0.25) is 14.4 Å². The second-order valence-corrected chi connectivity index (χ2v) is 7.85. The molecule has 0 aromatic carbocycles. The maximum absolute atomic E-state index is 13.0. The van der Waals surface area contributed by atoms with E-state index < -0.39 is 28.2 Å². The van der Waals surface area contributed by atoms with Gasteiger partial charge in [-0.2, -0.15) is 0 Å². The molecule has 22 heavy (non-hydrogen) atoms. The van der Waals surface area contributed by atoms with Crippen molar-refractivity contribution in [2.45, 2.75) is 71.8 Å². The molecule has 0 aromatic heterocycles. The number of cyclic esters (lactones) is 2. The Bertz CT molecular complexity index is 535. The van der Waals surface area contributed by atoms with E-state index in [2.05, 4.69) is 5.32 Å². The minimum Gasteiger partial charge on any atom is -0.392 e. The van der Waals surface area contributed by atoms with E-state index in [1.165, 1.54) is 6.42 Å². The second-order valence-electron chi connectivity index (χ2n) is 7.85. The van der Waals surface area contributed by atoms with Crippen molar-refractivity contribution >= 4 is 17.8 Å². The van der Waals surface area contributed by atoms with Gasteiger partial charge in [0.25, 0.3) is 0 Å². The van der Waals surface area contributed by atoms with E-state index in [-0.39, 0.29) is 11.9 Å². The first kappa shape index (κ1) is 15.5. The second kappa shape index (κ2) is 4.80. The molecule has 122 valence electrons. The summed E-state index contributed by atoms with van der Waals surface area (Å²) in [4.78, 5) is 37.7. The standard InChI is InChI=1S/C17H25NO4/c1-15(2)16(3)9-10-17(15,14(21)22-13(16)20)12(19)18-11-7-5-4-6-8-11/h11H,4-10H2,1-3H3,(H,18,19). The summed E-state index contributed by atoms with van der Waals surface area (Å²) in [6, 6.07) is 0.142. The van der Waals surface area contributed by atoms with Crippen LogP contribution in [-0.4, -0.2) is 23.9 Å². The molecule has 3 rings (SSSR count). The molecule has 2 aliphatic carbocycles. The average Bonchev–Trinajstić information content (AvgIpc) is 2.61. The van der Waals surface area contributed by atoms with Crippen LogP contribution in [0.5, 0.6) is 0 Å². The molecule has 1 heterocycles. The quantitative estimate of drug-likeness (QED) is 0.628. The van der Waals surface area contributed by atoms with Gasteiger partial charge in [0.15, 0.2) is 5.41 Å². The minimum absolute atomic E-state index is 0.142. The number of carbonyl (C=O) groups excluding carboxylic acids is 3. The van der Waals surface area contributed by atoms with Gasteiger partial charge >= 0.3 is 11.9 Å². The molecule has 3 aliphatic rings. The Balaban J connectivity index is 1.91. The topological polar surface area (TPSA) is 72.5 Å². The van der Waals surface area contributed by atoms with Crippen LogP contribution in [0.15, 0.2) is 0 Å². The fraction of sp³-hybridized carbons (Fsp3) is 0.824. The summed E-state index contributed by atoms with van der Waals surface area (Å²) >= 11 is 0. The molecule has 3 fully saturated rings. The van der Waals surface area contributed by atoms with Crippen molar-refractivity contribution in [3.05, 3.63) is 0 Å². The molecule has 1 aliphatic heterocycles. The molecule has 0 spiro atoms. The molecule has 2 saturated carbocycles. The van der Waals surface area contributed by atoms with Crippen molar-refractivity contribution in [1.29, 1.82) is 0 Å². The van der Waals surface area contributed by atoms with Crippen molar-refractivity contribution < 1.29 is 19.1 Å². The highest BCUT2D eigenvalue weighted by Crippen LogP contribution is 2.66. The molecule has 5 nitrogen and oxygen atoms in total. The van der Waals surface area contributed by atoms with Gasteiger partial charge < -0.3 is 10.1 Å². The summed E-state index contributed by atoms with van der Waals surface area (Å²) in [5, 5.41) is 3.07. The number of rotatable bonds is 2. The smallest absolute Gasteiger partial charge is 0.329 e. The molecule has 0 aromatic rings. The molecule has 0 radical (unpaired) electrons. The molecule has 2 atom stereocenters. The van der Waals surface area contributed by atoms with E-state index in [0.29, 0.717) is 12.8 Å². The van der Waals surface area contributed by atoms with E-state index >= 15 is 0 Å². The van der Waals surface area contributed by atoms with Gasteiger partial charge in [0, 0.05) is 11.5 Å². The van der Waals surface area contributed by atoms with Crippen LogP contribution >= 0.6 is 0 Å². The Kier molecular flexibility index (Phi) is 3.38. The molecule has 5 heteroatoms. The summed E-state index contributed by atoms with van der Waals surface area (Å²) < 4.78 is 4.99. The third-order valence-corrected chi connectivity index (χ3v) is 6.76. The Hall–Kier alpha value is -1.39. The number of fused-ring (bicyclic) bond motifs is 2. The predicted octanol–water partition coefficient (Wildman–Crippen LogP) is 2.33. The lowest BCUT2D eigenvalue weighted by Gasteiger charge is -2.48. The van der Waals surface area contributed by atoms with Crippen LogP contribution in [0.1, 0.15) is 65.7 Å². The lowest BCUT2D eigenvalue weighted by molar-refractivity contribution is -0.196. The zero-order valence-electron chi connectivity index (χ0n) is 13.7. The number of esters is 2. The summed E-state index contributed by atoms with van der Waals surface area (Å²) in [7, 11) is 0. The number of nitrogens with one attached hydrogen (secondary N) is 1. The van der Waals surface area contributed by atoms with Crippen molar-refractivity contribution in [1.82, 2.24) is 5.32 Å². The van der Waals surface area contributed by atoms with Crippen LogP contribution in [0.4, 0.5) is 0 Å². The van der Waals surface area contributed by atoms with Gasteiger partial charge in [0.2, 0.25) is 5.91 Å². The summed E-state index contributed by atoms with van der Waals surface area (Å²) in [5.74, 6) is -1.39. The fourth-order valence-corrected chi connectivity index (χ4v) is 4.58. The van der Waals surface area contributed by atoms with Crippen molar-refractivity contribution in [3.63, 3.8) is 0 Å². The van der Waals surface area contributed by atoms with Crippen LogP contribution in [0, 0.1) is 16.2 Å². The van der Waals surface area contributed by atoms with E-state index in [4.69, 9.17) is 4.74 Å². The summed E-state index contributed by atoms with van der Waals surface area (Å²) in [6.07, 6.45) is 6.27. The first-order valence-electron chi connectivity index (χ1n) is 8.33. The highest BCUT2D eigenvalue weighted by atomic mass is 16.6. The van der Waals surface area contributed by atoms with Crippen molar-refractivity contribution in [2.24, 2.45) is 16.2 Å². The molecular formula is C17H25NO4. The Morgan fingerprint density at radius 2 is 1.68 bits per heavy atom. The zero-order chi connectivity index (χ0) is 16.2. The normalized spacial score (nSPS) is 37.8. The molecule has 2 unspecified atom stereocenters. The van der Waals surface area contributed by atoms with Crippen molar-refractivity contribution in [2.75, 3.05) is 0 Å². The lowest BCUT2D eigenvalue weighted by atomic mass is 9.57. The van der Waals surface area contributed by atoms with Gasteiger partial charge in [-0.15, -0.1) is 0 Å². The van der Waals surface area contributed by atoms with Crippen LogP contribution in [0.3, 0.4) is 0 Å². The Morgan fingerprint density at radius 3 is 2.32 bits per heavy atom. The lowest BCUT2D eigenvalue weighted by Crippen LogP contribution is -2.63. The molecule has 1 N–H and O–H groups in total. The van der Waals surface area contributed by atoms with Gasteiger partial charge in [-0.1, -0.05) is 33.1 Å². The predicted molar refractivity (Wildman–Crippen MR) is 79.7 cm³/mol. The summed E-state index contributed by atoms with van der Waals surface area (Å²) in [5.41, 5.74) is -2.73. The molecule has 1 amide bonds. The van der Waals surface area contributed by atoms with E-state index in [0.717, 1.165) is 25.7 Å². The zero-order valence-corrected chi connectivity index (χ0v) is 13.7. The largest absolute Gasteiger partial charge is 0.392 e. The summed E-state index contributed by atoms with van der Waals surface area (Å²) in [6.45, 7) is 5.54. The van der Waals surface area contributed by atoms with Crippen LogP contribution in [0.25, 0.3) is 0 Å². The van der Waals surface area contributed by atoms with Gasteiger partial charge in [0.05, 0.1) is 5.41 Å². The van der Waals surface area contributed by atoms with Gasteiger partial charge in [-0.05, 0) is 32.6 Å². The average molecular weight is 307 g/mol. The minimum atomic E-state index is -1.23. The molecular weight excluding hydrogens is 282 g/mol. The van der Waals surface area contributed by atoms with E-state index in [9.17, 15) is 14.4 Å². The highest BCUT2D eigenvalue weighted by molar-refractivity contribution is 6.11. The number of carbonyl (C=O) groups is 3. The monoisotopic (exact) mass is 307 g/mol. The number of amides is 1. The van der Waals surface area contributed by atoms with Gasteiger partial charge in [0.1, 0.15) is 0 Å². The maximum atomic E-state index is 13.0. The Labute approximate surface area is 131 Å². The first-order chi connectivity index (χ1) is 10.3. The first-order valence-corrected chi connectivity index (χ1v) is 8.33. The maximum Gasteiger partial charge on any atom is 0.329 e. The Morgan fingerprint density at radius 1 is 1.05 bits per heavy atom. The van der Waals surface area contributed by atoms with Crippen LogP contribution in [0.2, 0.25) is 0 Å². The molecule has 1 saturated heterocycles. The third kappa shape index (κ3) is 1.74. The molecule has 2 bridgehead atoms. The van der Waals surface area contributed by atoms with Crippen LogP contribution < -0.4 is 5.32 Å². The third-order valence-electron chi connectivity index (χ3n) is 6.76. The van der Waals surface area contributed by atoms with Crippen LogP contribution in [-0.2, 0) is 19.1 Å².